The van der Waals surface area contributed by atoms with E-state index >= 15 is 0 Å². The number of benzene rings is 12. The largest absolute Gasteiger partial charge is 0.0616 e. The van der Waals surface area contributed by atoms with Gasteiger partial charge in [-0.25, -0.2) is 0 Å². The Hall–Kier alpha value is -6.76. The Balaban J connectivity index is 1.22. The van der Waals surface area contributed by atoms with Crippen LogP contribution in [0.1, 0.15) is 52.7 Å². The van der Waals surface area contributed by atoms with Gasteiger partial charge in [0.15, 0.2) is 0 Å². The first-order valence-electron chi connectivity index (χ1n) is 21.6. The summed E-state index contributed by atoms with van der Waals surface area (Å²) in [5.74, 6) is 0. The lowest BCUT2D eigenvalue weighted by atomic mass is 9.78. The van der Waals surface area contributed by atoms with Crippen molar-refractivity contribution >= 4 is 86.2 Å². The topological polar surface area (TPSA) is 0 Å². The number of rotatable bonds is 2. The van der Waals surface area contributed by atoms with Gasteiger partial charge in [0.1, 0.15) is 0 Å². The second kappa shape index (κ2) is 11.5. The fraction of sp³-hybridized carbons (Fsp3) is 0.133. The maximum absolute atomic E-state index is 2.53. The van der Waals surface area contributed by atoms with E-state index < -0.39 is 0 Å². The van der Waals surface area contributed by atoms with Crippen molar-refractivity contribution in [1.82, 2.24) is 0 Å². The van der Waals surface area contributed by atoms with E-state index in [9.17, 15) is 0 Å². The van der Waals surface area contributed by atoms with Crippen LogP contribution in [0.25, 0.3) is 131 Å². The molecule has 0 bridgehead atoms. The maximum Gasteiger partial charge on any atom is -0.000719 e. The molecule has 1 aliphatic carbocycles. The predicted molar refractivity (Wildman–Crippen MR) is 262 cm³/mol. The third kappa shape index (κ3) is 4.46. The normalized spacial score (nSPS) is 13.2. The quantitative estimate of drug-likeness (QED) is 0.154. The van der Waals surface area contributed by atoms with Crippen LogP contribution >= 0.6 is 0 Å². The summed E-state index contributed by atoms with van der Waals surface area (Å²) in [5, 5.41) is 21.2. The Bertz CT molecular complexity index is 3800. The van der Waals surface area contributed by atoms with E-state index in [-0.39, 0.29) is 10.8 Å². The zero-order valence-corrected chi connectivity index (χ0v) is 35.0. The van der Waals surface area contributed by atoms with Crippen molar-refractivity contribution in [3.63, 3.8) is 0 Å². The standard InChI is InChI=1S/C60H44/c1-59(2,3)40-28-36-23-21-35-24-26-46(45-27-25-38(30-40)50(36)54(35)45)55-42-15-7-8-16-43(42)56(58-48-19-11-13-33-12-10-18-47(52(33)48)57(55)58)49-32-39-31-41(60(4,5)6)29-37-22-20-34-14-9-17-44(49)53(34)51(37)39/h7-32H,1-6H3. The van der Waals surface area contributed by atoms with E-state index in [4.69, 9.17) is 0 Å². The highest BCUT2D eigenvalue weighted by Gasteiger charge is 2.32. The van der Waals surface area contributed by atoms with Gasteiger partial charge in [-0.15, -0.1) is 0 Å². The predicted octanol–water partition coefficient (Wildman–Crippen LogP) is 17.4. The number of hydrogen-bond donors (Lipinski definition) is 0. The van der Waals surface area contributed by atoms with Crippen LogP contribution in [-0.2, 0) is 10.8 Å². The van der Waals surface area contributed by atoms with Gasteiger partial charge in [-0.1, -0.05) is 193 Å². The summed E-state index contributed by atoms with van der Waals surface area (Å²) < 4.78 is 0. The van der Waals surface area contributed by atoms with Crippen LogP contribution in [0.4, 0.5) is 0 Å². The fourth-order valence-corrected chi connectivity index (χ4v) is 11.3. The van der Waals surface area contributed by atoms with Gasteiger partial charge in [-0.3, -0.25) is 0 Å². The molecular weight excluding hydrogens is 721 g/mol. The first-order chi connectivity index (χ1) is 29.0. The van der Waals surface area contributed by atoms with Gasteiger partial charge in [-0.05, 0) is 159 Å². The van der Waals surface area contributed by atoms with Crippen molar-refractivity contribution in [1.29, 1.82) is 0 Å². The van der Waals surface area contributed by atoms with Crippen molar-refractivity contribution < 1.29 is 0 Å². The third-order valence-corrected chi connectivity index (χ3v) is 14.1. The van der Waals surface area contributed by atoms with Crippen LogP contribution in [0.3, 0.4) is 0 Å². The van der Waals surface area contributed by atoms with Crippen LogP contribution in [0, 0.1) is 0 Å². The van der Waals surface area contributed by atoms with Crippen LogP contribution in [0.2, 0.25) is 0 Å². The van der Waals surface area contributed by atoms with E-state index in [1.54, 1.807) is 0 Å². The molecule has 0 atom stereocenters. The molecule has 0 saturated heterocycles. The lowest BCUT2D eigenvalue weighted by Gasteiger charge is -2.25. The molecule has 284 valence electrons. The fourth-order valence-electron chi connectivity index (χ4n) is 11.3. The molecule has 0 radical (unpaired) electrons. The smallest absolute Gasteiger partial charge is 0.000719 e. The van der Waals surface area contributed by atoms with Gasteiger partial charge in [0.25, 0.3) is 0 Å². The van der Waals surface area contributed by atoms with E-state index in [0.29, 0.717) is 0 Å². The molecule has 0 aromatic heterocycles. The molecule has 0 N–H and O–H groups in total. The lowest BCUT2D eigenvalue weighted by molar-refractivity contribution is 0.591. The summed E-state index contributed by atoms with van der Waals surface area (Å²) >= 11 is 0. The van der Waals surface area contributed by atoms with Gasteiger partial charge in [-0.2, -0.15) is 0 Å². The van der Waals surface area contributed by atoms with Gasteiger partial charge in [0.2, 0.25) is 0 Å². The molecule has 12 aromatic carbocycles. The molecule has 0 heterocycles. The van der Waals surface area contributed by atoms with Crippen molar-refractivity contribution in [3.05, 3.63) is 169 Å². The average Bonchev–Trinajstić information content (AvgIpc) is 3.58. The molecule has 0 spiro atoms. The highest BCUT2D eigenvalue weighted by molar-refractivity contribution is 6.34. The van der Waals surface area contributed by atoms with Gasteiger partial charge in [0, 0.05) is 0 Å². The summed E-state index contributed by atoms with van der Waals surface area (Å²) in [5.41, 5.74) is 13.4. The van der Waals surface area contributed by atoms with E-state index in [1.807, 2.05) is 0 Å². The number of fused-ring (bicyclic) bond motifs is 4. The number of hydrogen-bond acceptors (Lipinski definition) is 0. The zero-order chi connectivity index (χ0) is 40.4. The SMILES string of the molecule is CC(C)(C)c1cc2ccc3ccc(-c4c5c(c(-c6cc7cc(C(C)(C)C)cc8ccc9cccc6c9c87)c6ccccc46)-c4cccc6cccc-5c46)c4ccc(c1)c2c34. The van der Waals surface area contributed by atoms with E-state index in [0.717, 1.165) is 0 Å². The summed E-state index contributed by atoms with van der Waals surface area (Å²) in [6, 6.07) is 61.3. The van der Waals surface area contributed by atoms with Crippen molar-refractivity contribution in [3.8, 4) is 44.5 Å². The Labute approximate surface area is 350 Å². The first kappa shape index (κ1) is 34.1. The van der Waals surface area contributed by atoms with Crippen LogP contribution < -0.4 is 0 Å². The van der Waals surface area contributed by atoms with E-state index in [1.165, 1.54) is 142 Å². The molecule has 0 heteroatoms. The van der Waals surface area contributed by atoms with E-state index in [2.05, 4.69) is 199 Å². The second-order valence-electron chi connectivity index (χ2n) is 19.6. The molecule has 0 amide bonds. The molecule has 12 aromatic rings. The van der Waals surface area contributed by atoms with Crippen molar-refractivity contribution in [2.75, 3.05) is 0 Å². The summed E-state index contributed by atoms with van der Waals surface area (Å²) in [6.45, 7) is 14.0. The maximum atomic E-state index is 2.53. The Morgan fingerprint density at radius 1 is 0.250 bits per heavy atom. The monoisotopic (exact) mass is 764 g/mol. The first-order valence-corrected chi connectivity index (χ1v) is 21.6. The van der Waals surface area contributed by atoms with Crippen LogP contribution in [0.15, 0.2) is 158 Å². The molecule has 1 aliphatic rings. The highest BCUT2D eigenvalue weighted by Crippen LogP contribution is 2.59. The minimum atomic E-state index is 0.0209. The van der Waals surface area contributed by atoms with Crippen molar-refractivity contribution in [2.45, 2.75) is 52.4 Å². The highest BCUT2D eigenvalue weighted by atomic mass is 14.3. The molecule has 0 fully saturated rings. The zero-order valence-electron chi connectivity index (χ0n) is 35.0. The molecule has 13 rings (SSSR count). The molecule has 0 saturated carbocycles. The second-order valence-corrected chi connectivity index (χ2v) is 19.6. The Morgan fingerprint density at radius 3 is 1.25 bits per heavy atom. The minimum absolute atomic E-state index is 0.0209. The Morgan fingerprint density at radius 2 is 0.667 bits per heavy atom. The third-order valence-electron chi connectivity index (χ3n) is 14.1. The summed E-state index contributed by atoms with van der Waals surface area (Å²) in [7, 11) is 0. The summed E-state index contributed by atoms with van der Waals surface area (Å²) in [4.78, 5) is 0. The van der Waals surface area contributed by atoms with Crippen molar-refractivity contribution in [2.24, 2.45) is 0 Å². The van der Waals surface area contributed by atoms with Gasteiger partial charge >= 0.3 is 0 Å². The van der Waals surface area contributed by atoms with Crippen LogP contribution in [-0.4, -0.2) is 0 Å². The lowest BCUT2D eigenvalue weighted by Crippen LogP contribution is -2.10. The Kier molecular flexibility index (Phi) is 6.54. The molecule has 0 nitrogen and oxygen atoms in total. The molecule has 0 aliphatic heterocycles. The molecular formula is C60H44. The van der Waals surface area contributed by atoms with Gasteiger partial charge in [0.05, 0.1) is 0 Å². The summed E-state index contributed by atoms with van der Waals surface area (Å²) in [6.07, 6.45) is 0. The minimum Gasteiger partial charge on any atom is -0.0616 e. The van der Waals surface area contributed by atoms with Crippen LogP contribution in [0.5, 0.6) is 0 Å². The molecule has 0 unspecified atom stereocenters. The average molecular weight is 765 g/mol. The van der Waals surface area contributed by atoms with Gasteiger partial charge < -0.3 is 0 Å². The molecule has 60 heavy (non-hydrogen) atoms.